The number of hydrogen-bond acceptors (Lipinski definition) is 15. The van der Waals surface area contributed by atoms with Gasteiger partial charge in [0.2, 0.25) is 0 Å². The Balaban J connectivity index is 5.21. The first-order valence-electron chi connectivity index (χ1n) is 45.4. The third-order valence-electron chi connectivity index (χ3n) is 21.4. The first-order chi connectivity index (χ1) is 51.8. The number of unbranched alkanes of at least 4 members (excludes halogenated alkanes) is 52. The number of carbonyl (C=O) groups is 4. The Morgan fingerprint density at radius 3 is 0.710 bits per heavy atom. The Morgan fingerprint density at radius 1 is 0.271 bits per heavy atom. The van der Waals surface area contributed by atoms with Gasteiger partial charge in [-0.3, -0.25) is 37.3 Å². The molecule has 0 aliphatic rings. The molecular weight excluding hydrogens is 1390 g/mol. The first-order valence-corrected chi connectivity index (χ1v) is 48.4. The summed E-state index contributed by atoms with van der Waals surface area (Å²) in [5, 5.41) is 10.7. The van der Waals surface area contributed by atoms with E-state index in [9.17, 15) is 43.2 Å². The lowest BCUT2D eigenvalue weighted by Crippen LogP contribution is -2.30. The van der Waals surface area contributed by atoms with Crippen LogP contribution in [-0.4, -0.2) is 96.7 Å². The summed E-state index contributed by atoms with van der Waals surface area (Å²) in [4.78, 5) is 73.2. The van der Waals surface area contributed by atoms with Gasteiger partial charge in [0.25, 0.3) is 0 Å². The molecule has 4 unspecified atom stereocenters. The third-order valence-corrected chi connectivity index (χ3v) is 23.3. The monoisotopic (exact) mass is 1560 g/mol. The molecule has 0 heterocycles. The van der Waals surface area contributed by atoms with Crippen molar-refractivity contribution in [3.8, 4) is 0 Å². The predicted octanol–water partition coefficient (Wildman–Crippen LogP) is 26.9. The van der Waals surface area contributed by atoms with Crippen molar-refractivity contribution >= 4 is 39.5 Å². The van der Waals surface area contributed by atoms with Crippen molar-refractivity contribution in [1.82, 2.24) is 0 Å². The molecule has 0 aromatic rings. The minimum atomic E-state index is -4.97. The molecule has 3 N–H and O–H groups in total. The van der Waals surface area contributed by atoms with Gasteiger partial charge in [-0.2, -0.15) is 0 Å². The van der Waals surface area contributed by atoms with Gasteiger partial charge in [-0.1, -0.05) is 414 Å². The van der Waals surface area contributed by atoms with E-state index in [0.717, 1.165) is 114 Å². The number of rotatable bonds is 86. The fraction of sp³-hybridized carbons (Fsp3) is 0.955. The Morgan fingerprint density at radius 2 is 0.477 bits per heavy atom. The molecule has 107 heavy (non-hydrogen) atoms. The zero-order valence-electron chi connectivity index (χ0n) is 70.6. The van der Waals surface area contributed by atoms with Crippen LogP contribution in [0.1, 0.15) is 466 Å². The fourth-order valence-corrected chi connectivity index (χ4v) is 15.2. The van der Waals surface area contributed by atoms with Gasteiger partial charge in [0.15, 0.2) is 12.2 Å². The third kappa shape index (κ3) is 79.1. The molecule has 636 valence electrons. The summed E-state index contributed by atoms with van der Waals surface area (Å²) in [6.45, 7) is 12.0. The molecule has 0 spiro atoms. The number of aliphatic hydroxyl groups is 1. The van der Waals surface area contributed by atoms with E-state index in [1.807, 2.05) is 0 Å². The van der Waals surface area contributed by atoms with Crippen molar-refractivity contribution in [2.45, 2.75) is 484 Å². The van der Waals surface area contributed by atoms with Crippen LogP contribution in [0.4, 0.5) is 0 Å². The molecule has 19 heteroatoms. The maximum atomic E-state index is 13.2. The number of aliphatic hydroxyl groups excluding tert-OH is 1. The van der Waals surface area contributed by atoms with E-state index < -0.39 is 97.5 Å². The molecule has 17 nitrogen and oxygen atoms in total. The van der Waals surface area contributed by atoms with Gasteiger partial charge in [0, 0.05) is 25.7 Å². The van der Waals surface area contributed by atoms with Crippen LogP contribution in [0.2, 0.25) is 0 Å². The van der Waals surface area contributed by atoms with Crippen LogP contribution >= 0.6 is 15.6 Å². The molecule has 0 fully saturated rings. The average Bonchev–Trinajstić information content (AvgIpc) is 0.911. The van der Waals surface area contributed by atoms with E-state index in [-0.39, 0.29) is 25.7 Å². The van der Waals surface area contributed by atoms with Gasteiger partial charge in [0.05, 0.1) is 26.4 Å². The largest absolute Gasteiger partial charge is 0.472 e. The maximum Gasteiger partial charge on any atom is 0.472 e. The van der Waals surface area contributed by atoms with Gasteiger partial charge in [0.1, 0.15) is 19.3 Å². The number of carbonyl (C=O) groups excluding carboxylic acids is 4. The lowest BCUT2D eigenvalue weighted by atomic mass is 9.99. The molecule has 0 rings (SSSR count). The number of hydrogen-bond donors (Lipinski definition) is 3. The number of ether oxygens (including phenoxy) is 4. The number of phosphoric ester groups is 2. The normalized spacial score (nSPS) is 14.3. The molecule has 0 saturated carbocycles. The Bertz CT molecular complexity index is 2060. The van der Waals surface area contributed by atoms with E-state index in [4.69, 9.17) is 37.0 Å². The molecule has 0 radical (unpaired) electrons. The van der Waals surface area contributed by atoms with Gasteiger partial charge in [-0.25, -0.2) is 9.13 Å². The van der Waals surface area contributed by atoms with Crippen molar-refractivity contribution < 1.29 is 80.2 Å². The summed E-state index contributed by atoms with van der Waals surface area (Å²) in [5.41, 5.74) is 0. The minimum Gasteiger partial charge on any atom is -0.462 e. The second-order valence-electron chi connectivity index (χ2n) is 32.6. The molecule has 7 atom stereocenters. The number of esters is 4. The molecule has 0 aliphatic carbocycles. The second-order valence-corrected chi connectivity index (χ2v) is 35.5. The zero-order valence-corrected chi connectivity index (χ0v) is 72.4. The van der Waals surface area contributed by atoms with Crippen LogP contribution in [0.25, 0.3) is 0 Å². The lowest BCUT2D eigenvalue weighted by Gasteiger charge is -2.21. The van der Waals surface area contributed by atoms with Crippen LogP contribution < -0.4 is 0 Å². The Kier molecular flexibility index (Phi) is 76.6. The van der Waals surface area contributed by atoms with Gasteiger partial charge in [-0.15, -0.1) is 0 Å². The highest BCUT2D eigenvalue weighted by molar-refractivity contribution is 7.47. The summed E-state index contributed by atoms with van der Waals surface area (Å²) in [6, 6.07) is 0. The van der Waals surface area contributed by atoms with Crippen LogP contribution in [0.15, 0.2) is 0 Å². The van der Waals surface area contributed by atoms with Crippen LogP contribution in [0.5, 0.6) is 0 Å². The molecule has 0 aliphatic heterocycles. The van der Waals surface area contributed by atoms with Crippen LogP contribution in [-0.2, 0) is 65.4 Å². The zero-order chi connectivity index (χ0) is 78.6. The highest BCUT2D eigenvalue weighted by Gasteiger charge is 2.31. The van der Waals surface area contributed by atoms with Crippen molar-refractivity contribution in [2.75, 3.05) is 39.6 Å². The van der Waals surface area contributed by atoms with Crippen molar-refractivity contribution in [1.29, 1.82) is 0 Å². The SMILES string of the molecule is CCCCCCCCCCCCCCCCCCCCCCCC(=O)OC[C@H](COP(=O)(O)OC[C@@H](O)COP(=O)(O)OC[C@@H](COC(=O)CCCCCCCCC(C)CC)OC(=O)CCCCCCCCCCCCCC(C)C)OC(=O)CCCCCCCCCCCCCCCCCCCCC(C)CC. The summed E-state index contributed by atoms with van der Waals surface area (Å²) < 4.78 is 68.9. The standard InChI is InChI=1S/C88H172O17P2/c1-8-11-12-13-14-15-16-17-18-19-20-21-22-26-29-32-37-42-47-55-62-69-85(90)98-75-83(104-87(92)71-64-57-48-43-38-33-30-27-24-23-25-28-31-36-41-46-53-60-67-80(6)9-2)77-102-106(94,95)100-73-82(89)74-101-107(96,97)103-78-84(76-99-86(91)70-63-56-51-50-54-61-68-81(7)10-3)105-88(93)72-65-58-49-44-39-34-35-40-45-52-59-66-79(4)5/h79-84,89H,8-78H2,1-7H3,(H,94,95)(H,96,97)/t80?,81?,82-,83-,84-/m1/s1. The first kappa shape index (κ1) is 105. The molecule has 0 aromatic heterocycles. The number of phosphoric acid groups is 2. The summed E-state index contributed by atoms with van der Waals surface area (Å²) in [6.07, 6.45) is 69.6. The summed E-state index contributed by atoms with van der Waals surface area (Å²) in [7, 11) is -9.93. The van der Waals surface area contributed by atoms with Gasteiger partial charge >= 0.3 is 39.5 Å². The lowest BCUT2D eigenvalue weighted by molar-refractivity contribution is -0.161. The minimum absolute atomic E-state index is 0.106. The molecule has 0 bridgehead atoms. The topological polar surface area (TPSA) is 237 Å². The summed E-state index contributed by atoms with van der Waals surface area (Å²) in [5.74, 6) is 0.261. The van der Waals surface area contributed by atoms with E-state index in [1.54, 1.807) is 0 Å². The van der Waals surface area contributed by atoms with E-state index >= 15 is 0 Å². The predicted molar refractivity (Wildman–Crippen MR) is 441 cm³/mol. The molecule has 0 amide bonds. The second kappa shape index (κ2) is 78.0. The van der Waals surface area contributed by atoms with Crippen molar-refractivity contribution in [3.63, 3.8) is 0 Å². The highest BCUT2D eigenvalue weighted by Crippen LogP contribution is 2.45. The smallest absolute Gasteiger partial charge is 0.462 e. The quantitative estimate of drug-likeness (QED) is 0.0222. The molecule has 0 saturated heterocycles. The van der Waals surface area contributed by atoms with E-state index in [2.05, 4.69) is 48.5 Å². The average molecular weight is 1560 g/mol. The van der Waals surface area contributed by atoms with Crippen molar-refractivity contribution in [3.05, 3.63) is 0 Å². The highest BCUT2D eigenvalue weighted by atomic mass is 31.2. The van der Waals surface area contributed by atoms with Gasteiger partial charge in [-0.05, 0) is 43.4 Å². The maximum absolute atomic E-state index is 13.2. The van der Waals surface area contributed by atoms with Crippen LogP contribution in [0, 0.1) is 17.8 Å². The van der Waals surface area contributed by atoms with E-state index in [0.29, 0.717) is 25.7 Å². The van der Waals surface area contributed by atoms with Gasteiger partial charge < -0.3 is 33.8 Å². The fourth-order valence-electron chi connectivity index (χ4n) is 13.7. The molecular formula is C88H172O17P2. The van der Waals surface area contributed by atoms with E-state index in [1.165, 1.54) is 270 Å². The Hall–Kier alpha value is -1.94. The Labute approximate surface area is 658 Å². The summed E-state index contributed by atoms with van der Waals surface area (Å²) >= 11 is 0. The molecule has 0 aromatic carbocycles. The van der Waals surface area contributed by atoms with Crippen LogP contribution in [0.3, 0.4) is 0 Å². The van der Waals surface area contributed by atoms with Crippen molar-refractivity contribution in [2.24, 2.45) is 17.8 Å².